The van der Waals surface area contributed by atoms with Crippen LogP contribution in [0, 0.1) is 11.7 Å². The summed E-state index contributed by atoms with van der Waals surface area (Å²) in [6.07, 6.45) is 3.88. The van der Waals surface area contributed by atoms with Gasteiger partial charge in [0.05, 0.1) is 0 Å². The molecule has 1 fully saturated rings. The van der Waals surface area contributed by atoms with Gasteiger partial charge in [-0.3, -0.25) is 4.90 Å². The summed E-state index contributed by atoms with van der Waals surface area (Å²) in [7, 11) is 2.11. The Labute approximate surface area is 178 Å². The highest BCUT2D eigenvalue weighted by atomic mass is 32.2. The molecule has 162 valence electrons. The van der Waals surface area contributed by atoms with Crippen molar-refractivity contribution in [3.63, 3.8) is 0 Å². The molecule has 0 unspecified atom stereocenters. The zero-order valence-corrected chi connectivity index (χ0v) is 18.8. The van der Waals surface area contributed by atoms with Crippen molar-refractivity contribution < 1.29 is 14.0 Å². The zero-order valence-electron chi connectivity index (χ0n) is 17.9. The molecule has 1 aromatic carbocycles. The fourth-order valence-electron chi connectivity index (χ4n) is 3.23. The van der Waals surface area contributed by atoms with E-state index in [2.05, 4.69) is 47.6 Å². The molecule has 0 aliphatic carbocycles. The second-order valence-corrected chi connectivity index (χ2v) is 8.43. The number of likely N-dealkylation sites (N-methyl/N-ethyl adjacent to an activating group) is 1. The number of aliphatic imine (C=N–C) groups is 1. The topological polar surface area (TPSA) is 49.7 Å². The van der Waals surface area contributed by atoms with Gasteiger partial charge < -0.3 is 14.5 Å². The summed E-state index contributed by atoms with van der Waals surface area (Å²) in [4.78, 5) is 14.9. The van der Waals surface area contributed by atoms with Gasteiger partial charge in [0.1, 0.15) is 18.2 Å². The predicted octanol–water partition coefficient (Wildman–Crippen LogP) is 3.97. The summed E-state index contributed by atoms with van der Waals surface area (Å²) in [5, 5.41) is 3.55. The molecular weight excluding hydrogens is 391 g/mol. The van der Waals surface area contributed by atoms with E-state index >= 15 is 0 Å². The van der Waals surface area contributed by atoms with E-state index in [9.17, 15) is 4.39 Å². The number of ether oxygens (including phenoxy) is 1. The molecule has 8 heteroatoms. The van der Waals surface area contributed by atoms with Gasteiger partial charge in [-0.25, -0.2) is 9.38 Å². The molecule has 0 saturated carbocycles. The van der Waals surface area contributed by atoms with E-state index in [-0.39, 0.29) is 5.82 Å². The standard InChI is InChI=1S/C21H33FN4O2S/c1-16(2)15-24-21(28-23-3)26-10-8-17(9-11-26)25(4)12-13-27-18-6-7-20(29-5)19(22)14-18/h6-7,14,16-17H,3,8-13,15H2,1-2,4-5H3. The van der Waals surface area contributed by atoms with Crippen LogP contribution in [0.25, 0.3) is 0 Å². The third kappa shape index (κ3) is 7.51. The average Bonchev–Trinajstić information content (AvgIpc) is 2.71. The summed E-state index contributed by atoms with van der Waals surface area (Å²) < 4.78 is 19.6. The first kappa shape index (κ1) is 23.5. The van der Waals surface area contributed by atoms with Gasteiger partial charge in [-0.05, 0) is 44.2 Å². The van der Waals surface area contributed by atoms with Gasteiger partial charge in [-0.15, -0.1) is 11.8 Å². The van der Waals surface area contributed by atoms with Gasteiger partial charge >= 0.3 is 6.02 Å². The van der Waals surface area contributed by atoms with E-state index in [1.54, 1.807) is 6.07 Å². The molecule has 0 spiro atoms. The predicted molar refractivity (Wildman–Crippen MR) is 119 cm³/mol. The van der Waals surface area contributed by atoms with E-state index in [4.69, 9.17) is 9.57 Å². The van der Waals surface area contributed by atoms with Crippen molar-refractivity contribution in [3.05, 3.63) is 24.0 Å². The number of halogens is 1. The minimum Gasteiger partial charge on any atom is -0.492 e. The van der Waals surface area contributed by atoms with Gasteiger partial charge in [0.15, 0.2) is 0 Å². The van der Waals surface area contributed by atoms with Crippen molar-refractivity contribution in [3.8, 4) is 5.75 Å². The first-order valence-corrected chi connectivity index (χ1v) is 11.3. The lowest BCUT2D eigenvalue weighted by molar-refractivity contribution is 0.127. The fourth-order valence-corrected chi connectivity index (χ4v) is 3.69. The van der Waals surface area contributed by atoms with E-state index in [1.807, 2.05) is 12.3 Å². The van der Waals surface area contributed by atoms with Gasteiger partial charge in [-0.2, -0.15) is 0 Å². The Morgan fingerprint density at radius 1 is 1.38 bits per heavy atom. The van der Waals surface area contributed by atoms with Crippen molar-refractivity contribution in [2.75, 3.05) is 46.1 Å². The molecule has 0 aromatic heterocycles. The lowest BCUT2D eigenvalue weighted by Crippen LogP contribution is -2.46. The van der Waals surface area contributed by atoms with Crippen LogP contribution >= 0.6 is 11.8 Å². The molecule has 1 saturated heterocycles. The van der Waals surface area contributed by atoms with Crippen molar-refractivity contribution >= 4 is 24.5 Å². The Bertz CT molecular complexity index is 679. The molecule has 1 aliphatic heterocycles. The zero-order chi connectivity index (χ0) is 21.2. The molecule has 1 aliphatic rings. The summed E-state index contributed by atoms with van der Waals surface area (Å²) in [5.41, 5.74) is 0. The van der Waals surface area contributed by atoms with Crippen LogP contribution in [0.3, 0.4) is 0 Å². The minimum absolute atomic E-state index is 0.234. The van der Waals surface area contributed by atoms with Crippen LogP contribution in [0.1, 0.15) is 26.7 Å². The number of benzene rings is 1. The summed E-state index contributed by atoms with van der Waals surface area (Å²) in [6.45, 7) is 11.4. The summed E-state index contributed by atoms with van der Waals surface area (Å²) in [6, 6.07) is 6.06. The molecule has 2 rings (SSSR count). The first-order valence-electron chi connectivity index (χ1n) is 10.0. The normalized spacial score (nSPS) is 15.8. The second kappa shape index (κ2) is 12.0. The quantitative estimate of drug-likeness (QED) is 0.260. The molecule has 1 aromatic rings. The number of hydrogen-bond donors (Lipinski definition) is 0. The lowest BCUT2D eigenvalue weighted by atomic mass is 10.0. The Kier molecular flexibility index (Phi) is 9.73. The van der Waals surface area contributed by atoms with Crippen LogP contribution in [-0.4, -0.2) is 74.7 Å². The Morgan fingerprint density at radius 2 is 2.10 bits per heavy atom. The molecule has 0 bridgehead atoms. The molecule has 0 atom stereocenters. The van der Waals surface area contributed by atoms with Gasteiger partial charge in [0.25, 0.3) is 0 Å². The number of nitrogens with zero attached hydrogens (tertiary/aromatic N) is 4. The highest BCUT2D eigenvalue weighted by Gasteiger charge is 2.25. The number of amidine groups is 1. The number of thioether (sulfide) groups is 1. The van der Waals surface area contributed by atoms with Gasteiger partial charge in [0.2, 0.25) is 0 Å². The molecule has 1 heterocycles. The molecular formula is C21H33FN4O2S. The van der Waals surface area contributed by atoms with Gasteiger partial charge in [-0.1, -0.05) is 19.0 Å². The van der Waals surface area contributed by atoms with Crippen LogP contribution in [0.4, 0.5) is 4.39 Å². The lowest BCUT2D eigenvalue weighted by Gasteiger charge is -2.37. The minimum atomic E-state index is -0.234. The third-order valence-corrected chi connectivity index (χ3v) is 5.70. The molecule has 29 heavy (non-hydrogen) atoms. The van der Waals surface area contributed by atoms with Gasteiger partial charge in [0, 0.05) is 49.9 Å². The van der Waals surface area contributed by atoms with Crippen molar-refractivity contribution in [1.82, 2.24) is 9.80 Å². The molecule has 0 N–H and O–H groups in total. The Morgan fingerprint density at radius 3 is 2.69 bits per heavy atom. The average molecular weight is 425 g/mol. The maximum atomic E-state index is 13.8. The number of hydrogen-bond acceptors (Lipinski definition) is 6. The fraction of sp³-hybridized carbons (Fsp3) is 0.619. The molecule has 0 radical (unpaired) electrons. The van der Waals surface area contributed by atoms with E-state index in [0.29, 0.717) is 41.8 Å². The van der Waals surface area contributed by atoms with Crippen LogP contribution in [0.5, 0.6) is 5.75 Å². The van der Waals surface area contributed by atoms with Crippen LogP contribution in [0.2, 0.25) is 0 Å². The largest absolute Gasteiger partial charge is 0.492 e. The van der Waals surface area contributed by atoms with E-state index in [0.717, 1.165) is 32.5 Å². The highest BCUT2D eigenvalue weighted by Crippen LogP contribution is 2.23. The number of oxime groups is 1. The SMILES string of the molecule is C=NOC(=NCC(C)C)N1CCC(N(C)CCOc2ccc(SC)c(F)c2)CC1. The number of piperidine rings is 1. The van der Waals surface area contributed by atoms with Crippen molar-refractivity contribution in [2.24, 2.45) is 16.1 Å². The van der Waals surface area contributed by atoms with E-state index in [1.165, 1.54) is 17.8 Å². The second-order valence-electron chi connectivity index (χ2n) is 7.58. The smallest absolute Gasteiger partial charge is 0.317 e. The number of likely N-dealkylation sites (tertiary alicyclic amines) is 1. The first-order chi connectivity index (χ1) is 13.9. The van der Waals surface area contributed by atoms with Crippen molar-refractivity contribution in [1.29, 1.82) is 0 Å². The van der Waals surface area contributed by atoms with Crippen LogP contribution in [0.15, 0.2) is 33.2 Å². The number of rotatable bonds is 9. The Balaban J connectivity index is 1.77. The molecule has 6 nitrogen and oxygen atoms in total. The third-order valence-electron chi connectivity index (χ3n) is 4.93. The van der Waals surface area contributed by atoms with Crippen LogP contribution < -0.4 is 4.74 Å². The maximum Gasteiger partial charge on any atom is 0.317 e. The highest BCUT2D eigenvalue weighted by molar-refractivity contribution is 7.98. The Hall–Kier alpha value is -1.80. The van der Waals surface area contributed by atoms with Crippen LogP contribution in [-0.2, 0) is 4.84 Å². The maximum absolute atomic E-state index is 13.8. The summed E-state index contributed by atoms with van der Waals surface area (Å²) in [5.74, 6) is 0.804. The van der Waals surface area contributed by atoms with Crippen molar-refractivity contribution in [2.45, 2.75) is 37.6 Å². The monoisotopic (exact) mass is 424 g/mol. The van der Waals surface area contributed by atoms with E-state index < -0.39 is 0 Å². The summed E-state index contributed by atoms with van der Waals surface area (Å²) >= 11 is 1.39. The molecule has 0 amide bonds.